The third kappa shape index (κ3) is 45.8. The number of nitrogens with one attached hydrogen (secondary N) is 4. The maximum Gasteiger partial charge on any atom is 0.317 e. The molecule has 0 saturated heterocycles. The Morgan fingerprint density at radius 1 is 0.350 bits per heavy atom. The second-order valence-corrected chi connectivity index (χ2v) is 38.3. The van der Waals surface area contributed by atoms with E-state index in [1.165, 1.54) is 47.0 Å². The molecule has 4 aromatic rings. The summed E-state index contributed by atoms with van der Waals surface area (Å²) in [5.41, 5.74) is 7.11. The molecule has 0 spiro atoms. The summed E-state index contributed by atoms with van der Waals surface area (Å²) in [5.74, 6) is 0.0315. The molecule has 4 amide bonds. The highest BCUT2D eigenvalue weighted by atomic mass is 32.2. The number of amides is 4. The molecular formula is C78H129N13O22S4. The van der Waals surface area contributed by atoms with Crippen LogP contribution in [0.15, 0.2) is 87.7 Å². The van der Waals surface area contributed by atoms with Gasteiger partial charge in [0.15, 0.2) is 26.4 Å². The van der Waals surface area contributed by atoms with Crippen molar-refractivity contribution in [2.75, 3.05) is 168 Å². The Morgan fingerprint density at radius 2 is 0.487 bits per heavy atom. The van der Waals surface area contributed by atoms with E-state index in [2.05, 4.69) is 243 Å². The number of hydrogen-bond donors (Lipinski definition) is 6. The van der Waals surface area contributed by atoms with Crippen LogP contribution in [0.3, 0.4) is 0 Å². The van der Waals surface area contributed by atoms with Crippen LogP contribution >= 0.6 is 47.0 Å². The minimum atomic E-state index is -1.75. The van der Waals surface area contributed by atoms with Crippen molar-refractivity contribution in [1.29, 1.82) is 0 Å². The van der Waals surface area contributed by atoms with Crippen molar-refractivity contribution < 1.29 is 86.3 Å². The number of carbonyl (C=O) groups excluding carboxylic acids is 4. The summed E-state index contributed by atoms with van der Waals surface area (Å²) in [6.07, 6.45) is 3.22. The molecule has 1 aliphatic heterocycles. The van der Waals surface area contributed by atoms with Crippen molar-refractivity contribution >= 4 is 76.6 Å². The zero-order chi connectivity index (χ0) is 90.4. The van der Waals surface area contributed by atoms with E-state index in [1.807, 2.05) is 0 Å². The van der Waals surface area contributed by atoms with Gasteiger partial charge in [0.2, 0.25) is 0 Å². The minimum absolute atomic E-state index is 0.242. The molecule has 8 bridgehead atoms. The number of rotatable bonds is 33. The fourth-order valence-electron chi connectivity index (χ4n) is 10.0. The smallest absolute Gasteiger partial charge is 0.317 e. The molecule has 7 N–H and O–H groups in total. The van der Waals surface area contributed by atoms with Crippen molar-refractivity contribution in [2.45, 2.75) is 197 Å². The molecule has 1 aliphatic rings. The number of nitrogens with zero attached hydrogens (tertiary/aromatic N) is 8. The van der Waals surface area contributed by atoms with Crippen LogP contribution in [-0.4, -0.2) is 241 Å². The fourth-order valence-corrected chi connectivity index (χ4v) is 14.8. The van der Waals surface area contributed by atoms with Gasteiger partial charge < -0.3 is 130 Å². The number of carboxylic acid groups (broad SMARTS) is 1. The lowest BCUT2D eigenvalue weighted by atomic mass is 9.87. The molecule has 35 nitrogen and oxygen atoms in total. The Labute approximate surface area is 706 Å². The van der Waals surface area contributed by atoms with Crippen molar-refractivity contribution in [3.8, 4) is 23.0 Å². The van der Waals surface area contributed by atoms with Crippen LogP contribution in [0.2, 0.25) is 0 Å². The Hall–Kier alpha value is -8.57. The third-order valence-electron chi connectivity index (χ3n) is 18.5. The van der Waals surface area contributed by atoms with Gasteiger partial charge in [-0.05, 0) is 120 Å². The number of aliphatic carboxylic acids is 1. The zero-order valence-electron chi connectivity index (χ0n) is 72.8. The molecular weight excluding hydrogens is 1600 g/mol. The number of ether oxygens (including phenoxy) is 4. The number of nitrogens with two attached hydrogens (primary N) is 1. The molecule has 0 radical (unpaired) electrons. The van der Waals surface area contributed by atoms with Crippen molar-refractivity contribution in [2.24, 2.45) is 5.73 Å². The molecule has 117 heavy (non-hydrogen) atoms. The molecule has 0 aromatic heterocycles. The first-order valence-electron chi connectivity index (χ1n) is 38.2. The van der Waals surface area contributed by atoms with Gasteiger partial charge in [0, 0.05) is 51.9 Å². The normalized spacial score (nSPS) is 12.1. The second-order valence-electron chi connectivity index (χ2n) is 34.0. The van der Waals surface area contributed by atoms with E-state index in [-0.39, 0.29) is 78.3 Å². The van der Waals surface area contributed by atoms with Gasteiger partial charge in [0.05, 0.1) is 175 Å². The van der Waals surface area contributed by atoms with E-state index < -0.39 is 26.3 Å². The van der Waals surface area contributed by atoms with Crippen molar-refractivity contribution in [3.05, 3.63) is 132 Å². The average molecular weight is 1730 g/mol. The third-order valence-corrected chi connectivity index (χ3v) is 22.7. The van der Waals surface area contributed by atoms with Crippen molar-refractivity contribution in [3.63, 3.8) is 0 Å². The molecule has 0 atom stereocenters. The average Bonchev–Trinajstić information content (AvgIpc) is 0.760. The molecule has 39 heteroatoms. The first kappa shape index (κ1) is 108. The highest BCUT2D eigenvalue weighted by Gasteiger charge is 2.32. The van der Waals surface area contributed by atoms with Gasteiger partial charge >= 0.3 is 5.97 Å². The topological polar surface area (TPSA) is 481 Å². The van der Waals surface area contributed by atoms with Crippen LogP contribution in [0, 0.1) is 61.3 Å². The van der Waals surface area contributed by atoms with Gasteiger partial charge in [0.1, 0.15) is 23.0 Å². The summed E-state index contributed by atoms with van der Waals surface area (Å²) in [6.45, 7) is 43.2. The Kier molecular flexibility index (Phi) is 46.7. The van der Waals surface area contributed by atoms with E-state index in [0.29, 0.717) is 49.2 Å². The lowest BCUT2D eigenvalue weighted by Gasteiger charge is -2.28. The quantitative estimate of drug-likeness (QED) is 0.00983. The van der Waals surface area contributed by atoms with Crippen molar-refractivity contribution in [1.82, 2.24) is 21.3 Å². The molecule has 5 rings (SSSR count). The van der Waals surface area contributed by atoms with Gasteiger partial charge in [-0.15, -0.1) is 0 Å². The highest BCUT2D eigenvalue weighted by molar-refractivity contribution is 8.01. The molecule has 662 valence electrons. The number of carbonyl (C=O) groups is 5. The summed E-state index contributed by atoms with van der Waals surface area (Å²) in [4.78, 5) is 105. The zero-order valence-corrected chi connectivity index (χ0v) is 76.0. The van der Waals surface area contributed by atoms with E-state index in [4.69, 9.17) is 85.3 Å². The van der Waals surface area contributed by atoms with Crippen LogP contribution in [-0.2, 0) is 45.6 Å². The molecule has 0 saturated carbocycles. The number of fused-ring (bicyclic) bond motifs is 8. The SMILES string of the molecule is CC[N+](C)(C)CCCNC(=O)COc1c2cc(C(C)(C)C)cc1Sc1cc(C(C)(C)C)cc(c1OCC(=O)NCCC[N+](C)(C)CC)Sc1cc(C(C)(C)C)cc(c1OCC(=O)NCCC[N+](C)(C)CC)Sc1cc(C(C)(C)C)cc(c1OCC(=O)NCCC[N+](C)(C)CC)S2.NCC(=O)O.O=[N+]([O-])[O-].O=[N+]([O-])[O-].O=[N+]([O-])[O-].O=[N+]([O-])[O-]. The van der Waals surface area contributed by atoms with Crippen LogP contribution in [0.5, 0.6) is 23.0 Å². The molecule has 0 aliphatic carbocycles. The Bertz CT molecular complexity index is 3310. The van der Waals surface area contributed by atoms with E-state index >= 15 is 0 Å². The predicted octanol–water partition coefficient (Wildman–Crippen LogP) is 11.8. The highest BCUT2D eigenvalue weighted by Crippen LogP contribution is 2.56. The number of hydrogen-bond acceptors (Lipinski definition) is 26. The lowest BCUT2D eigenvalue weighted by Crippen LogP contribution is -2.41. The van der Waals surface area contributed by atoms with Crippen LogP contribution in [0.1, 0.15) is 159 Å². The lowest BCUT2D eigenvalue weighted by molar-refractivity contribution is -0.888. The van der Waals surface area contributed by atoms with E-state index in [0.717, 1.165) is 157 Å². The van der Waals surface area contributed by atoms with E-state index in [1.54, 1.807) is 0 Å². The molecule has 0 unspecified atom stereocenters. The van der Waals surface area contributed by atoms with Gasteiger partial charge in [-0.3, -0.25) is 24.0 Å². The van der Waals surface area contributed by atoms with Gasteiger partial charge in [-0.1, -0.05) is 130 Å². The Morgan fingerprint density at radius 3 is 0.598 bits per heavy atom. The summed E-state index contributed by atoms with van der Waals surface area (Å²) in [5, 5.41) is 79.2. The molecule has 4 aromatic carbocycles. The number of carboxylic acids is 1. The van der Waals surface area contributed by atoms with Crippen LogP contribution in [0.25, 0.3) is 0 Å². The molecule has 1 heterocycles. The fraction of sp³-hybridized carbons (Fsp3) is 0.628. The Balaban J connectivity index is 0.00000569. The van der Waals surface area contributed by atoms with Crippen LogP contribution in [0.4, 0.5) is 0 Å². The largest absolute Gasteiger partial charge is 0.481 e. The maximum atomic E-state index is 14.2. The summed E-state index contributed by atoms with van der Waals surface area (Å²) in [7, 11) is 17.6. The second kappa shape index (κ2) is 50.4. The van der Waals surface area contributed by atoms with Gasteiger partial charge in [-0.25, -0.2) is 0 Å². The van der Waals surface area contributed by atoms with Gasteiger partial charge in [-0.2, -0.15) is 0 Å². The standard InChI is InChI=1S/C76H120N8O8S4.C2H5NO2.4NO3/c1-25-81(17,18)37-29-33-77-65(85)49-89-69-57-41-53(73(5,6)7)42-58(69)94-60-44-55(75(11,12)13)46-62(71(60)91-51-67(87)79-35-31-39-83(21,22)27-3)96-64-48-56(76(14,15)16)47-63(72(64)92-52-68(88)80-36-32-40-84(23,24)28-4)95-61-45-54(74(8,9)10)43-59(93-57)70(61)90-50-66(86)78-34-30-38-82(19,20)26-2;3-1-2(4)5;4*2-1(3)4/h41-48H,25-40,49-52H2,1-24H3;1,3H2,(H,4,5);;;;/q;;4*-1/p+4. The van der Waals surface area contributed by atoms with E-state index in [9.17, 15) is 24.0 Å². The number of quaternary nitrogens is 4. The number of benzene rings is 4. The first-order chi connectivity index (χ1) is 53.7. The summed E-state index contributed by atoms with van der Waals surface area (Å²) < 4.78 is 31.4. The minimum Gasteiger partial charge on any atom is -0.481 e. The molecule has 0 fully saturated rings. The van der Waals surface area contributed by atoms with Crippen LogP contribution < -0.4 is 45.9 Å². The summed E-state index contributed by atoms with van der Waals surface area (Å²) in [6, 6.07) is 17.3. The monoisotopic (exact) mass is 1730 g/mol. The maximum absolute atomic E-state index is 14.2. The first-order valence-corrected chi connectivity index (χ1v) is 41.5. The predicted molar refractivity (Wildman–Crippen MR) is 458 cm³/mol. The van der Waals surface area contributed by atoms with Gasteiger partial charge in [0.25, 0.3) is 23.6 Å². The summed E-state index contributed by atoms with van der Waals surface area (Å²) >= 11 is 5.92.